The predicted molar refractivity (Wildman–Crippen MR) is 110 cm³/mol. The molecule has 1 aromatic carbocycles. The van der Waals surface area contributed by atoms with Crippen LogP contribution in [0.15, 0.2) is 6.07 Å². The van der Waals surface area contributed by atoms with Gasteiger partial charge in [0, 0.05) is 26.1 Å². The summed E-state index contributed by atoms with van der Waals surface area (Å²) in [5.41, 5.74) is 5.40. The smallest absolute Gasteiger partial charge is 0.223 e. The molecule has 0 fully saturated rings. The van der Waals surface area contributed by atoms with E-state index in [0.29, 0.717) is 25.7 Å². The zero-order valence-corrected chi connectivity index (χ0v) is 17.9. The molecule has 0 bridgehead atoms. The summed E-state index contributed by atoms with van der Waals surface area (Å²) in [4.78, 5) is 14.6. The first kappa shape index (κ1) is 21.7. The molecule has 0 aromatic heterocycles. The number of aryl methyl sites for hydroxylation is 1. The van der Waals surface area contributed by atoms with Gasteiger partial charge in [0.1, 0.15) is 12.4 Å². The molecule has 27 heavy (non-hydrogen) atoms. The van der Waals surface area contributed by atoms with Gasteiger partial charge in [-0.15, -0.1) is 0 Å². The van der Waals surface area contributed by atoms with Gasteiger partial charge >= 0.3 is 0 Å². The van der Waals surface area contributed by atoms with Crippen molar-refractivity contribution in [3.8, 4) is 5.75 Å². The number of carbonyl (C=O) groups excluding carboxylic acids is 1. The quantitative estimate of drug-likeness (QED) is 0.674. The van der Waals surface area contributed by atoms with E-state index in [2.05, 4.69) is 51.1 Å². The molecule has 5 heteroatoms. The Bertz CT molecular complexity index is 643. The van der Waals surface area contributed by atoms with Crippen molar-refractivity contribution in [2.45, 2.75) is 40.0 Å². The molecule has 2 rings (SSSR count). The van der Waals surface area contributed by atoms with Crippen LogP contribution in [0.3, 0.4) is 0 Å². The molecule has 0 spiro atoms. The van der Waals surface area contributed by atoms with Gasteiger partial charge < -0.3 is 19.7 Å². The van der Waals surface area contributed by atoms with Crippen LogP contribution in [-0.4, -0.2) is 58.3 Å². The molecule has 1 amide bonds. The normalized spacial score (nSPS) is 17.5. The van der Waals surface area contributed by atoms with Crippen LogP contribution in [0.1, 0.15) is 35.6 Å². The summed E-state index contributed by atoms with van der Waals surface area (Å²) in [6.45, 7) is 9.11. The molecule has 5 nitrogen and oxygen atoms in total. The van der Waals surface area contributed by atoms with E-state index >= 15 is 0 Å². The molecular weight excluding hydrogens is 340 g/mol. The van der Waals surface area contributed by atoms with Crippen LogP contribution < -0.4 is 10.1 Å². The minimum atomic E-state index is 0.00743. The molecule has 1 aromatic rings. The highest BCUT2D eigenvalue weighted by atomic mass is 16.5. The van der Waals surface area contributed by atoms with Gasteiger partial charge in [0.05, 0.1) is 6.61 Å². The van der Waals surface area contributed by atoms with Gasteiger partial charge in [-0.3, -0.25) is 4.79 Å². The van der Waals surface area contributed by atoms with E-state index in [9.17, 15) is 4.79 Å². The Kier molecular flexibility index (Phi) is 8.11. The van der Waals surface area contributed by atoms with Crippen LogP contribution in [0.5, 0.6) is 5.75 Å². The molecule has 0 saturated carbocycles. The zero-order chi connectivity index (χ0) is 20.0. The highest BCUT2D eigenvalue weighted by molar-refractivity contribution is 5.78. The van der Waals surface area contributed by atoms with Crippen molar-refractivity contribution in [1.29, 1.82) is 0 Å². The third-order valence-electron chi connectivity index (χ3n) is 5.76. The maximum atomic E-state index is 12.5. The Morgan fingerprint density at radius 2 is 2.04 bits per heavy atom. The highest BCUT2D eigenvalue weighted by Crippen LogP contribution is 2.37. The molecule has 1 N–H and O–H groups in total. The number of hydrogen-bond acceptors (Lipinski definition) is 4. The lowest BCUT2D eigenvalue weighted by Crippen LogP contribution is -2.37. The summed E-state index contributed by atoms with van der Waals surface area (Å²) >= 11 is 0. The molecule has 0 aliphatic heterocycles. The van der Waals surface area contributed by atoms with Gasteiger partial charge in [-0.2, -0.15) is 0 Å². The van der Waals surface area contributed by atoms with Crippen molar-refractivity contribution in [3.63, 3.8) is 0 Å². The summed E-state index contributed by atoms with van der Waals surface area (Å²) in [5, 5.41) is 2.99. The number of amides is 1. The standard InChI is InChI=1S/C22H36N2O3/c1-15-13-21(27-12-10-24(4)5)17(3)20-14-18(7-8-19(15)20)16(2)22(25)23-9-11-26-6/h13,16,18H,7-12,14H2,1-6H3,(H,23,25). The highest BCUT2D eigenvalue weighted by Gasteiger charge is 2.30. The maximum absolute atomic E-state index is 12.5. The number of methoxy groups -OCH3 is 1. The Hall–Kier alpha value is -1.59. The summed E-state index contributed by atoms with van der Waals surface area (Å²) < 4.78 is 11.1. The number of nitrogens with one attached hydrogen (secondary N) is 1. The molecule has 1 aliphatic rings. The largest absolute Gasteiger partial charge is 0.492 e. The second-order valence-electron chi connectivity index (χ2n) is 8.00. The van der Waals surface area contributed by atoms with E-state index in [1.807, 2.05) is 0 Å². The molecule has 0 heterocycles. The summed E-state index contributed by atoms with van der Waals surface area (Å²) in [7, 11) is 5.76. The number of carbonyl (C=O) groups is 1. The van der Waals surface area contributed by atoms with E-state index in [4.69, 9.17) is 9.47 Å². The van der Waals surface area contributed by atoms with Crippen LogP contribution >= 0.6 is 0 Å². The Morgan fingerprint density at radius 1 is 1.30 bits per heavy atom. The third-order valence-corrected chi connectivity index (χ3v) is 5.76. The summed E-state index contributed by atoms with van der Waals surface area (Å²) in [6.07, 6.45) is 3.05. The van der Waals surface area contributed by atoms with E-state index in [1.54, 1.807) is 7.11 Å². The van der Waals surface area contributed by atoms with Crippen LogP contribution in [0.2, 0.25) is 0 Å². The van der Waals surface area contributed by atoms with Crippen molar-refractivity contribution >= 4 is 5.91 Å². The Morgan fingerprint density at radius 3 is 2.70 bits per heavy atom. The van der Waals surface area contributed by atoms with E-state index in [0.717, 1.165) is 31.6 Å². The van der Waals surface area contributed by atoms with Crippen molar-refractivity contribution < 1.29 is 14.3 Å². The maximum Gasteiger partial charge on any atom is 0.223 e. The predicted octanol–water partition coefficient (Wildman–Crippen LogP) is 2.75. The topological polar surface area (TPSA) is 50.8 Å². The average molecular weight is 377 g/mol. The molecule has 2 atom stereocenters. The SMILES string of the molecule is COCCNC(=O)C(C)C1CCc2c(C)cc(OCCN(C)C)c(C)c2C1. The summed E-state index contributed by atoms with van der Waals surface area (Å²) in [6, 6.07) is 2.19. The van der Waals surface area contributed by atoms with E-state index < -0.39 is 0 Å². The van der Waals surface area contributed by atoms with Crippen molar-refractivity contribution in [2.75, 3.05) is 47.5 Å². The Labute approximate surface area is 164 Å². The molecule has 1 aliphatic carbocycles. The van der Waals surface area contributed by atoms with Gasteiger partial charge in [0.15, 0.2) is 0 Å². The minimum Gasteiger partial charge on any atom is -0.492 e. The number of ether oxygens (including phenoxy) is 2. The molecule has 0 radical (unpaired) electrons. The van der Waals surface area contributed by atoms with Crippen molar-refractivity contribution in [1.82, 2.24) is 10.2 Å². The van der Waals surface area contributed by atoms with Gasteiger partial charge in [-0.05, 0) is 81.4 Å². The second kappa shape index (κ2) is 10.1. The number of hydrogen-bond donors (Lipinski definition) is 1. The number of fused-ring (bicyclic) bond motifs is 1. The number of rotatable bonds is 9. The van der Waals surface area contributed by atoms with Gasteiger partial charge in [0.25, 0.3) is 0 Å². The van der Waals surface area contributed by atoms with Gasteiger partial charge in [-0.25, -0.2) is 0 Å². The molecular formula is C22H36N2O3. The minimum absolute atomic E-state index is 0.00743. The first-order valence-corrected chi connectivity index (χ1v) is 10.0. The molecule has 0 saturated heterocycles. The first-order chi connectivity index (χ1) is 12.8. The van der Waals surface area contributed by atoms with Crippen LogP contribution in [0.25, 0.3) is 0 Å². The van der Waals surface area contributed by atoms with E-state index in [-0.39, 0.29) is 11.8 Å². The average Bonchev–Trinajstić information content (AvgIpc) is 2.64. The van der Waals surface area contributed by atoms with Crippen molar-refractivity contribution in [3.05, 3.63) is 28.3 Å². The fourth-order valence-corrected chi connectivity index (χ4v) is 3.89. The fraction of sp³-hybridized carbons (Fsp3) is 0.682. The van der Waals surface area contributed by atoms with Crippen LogP contribution in [0.4, 0.5) is 0 Å². The van der Waals surface area contributed by atoms with Crippen molar-refractivity contribution in [2.24, 2.45) is 11.8 Å². The molecule has 2 unspecified atom stereocenters. The monoisotopic (exact) mass is 376 g/mol. The lowest BCUT2D eigenvalue weighted by Gasteiger charge is -2.31. The summed E-state index contributed by atoms with van der Waals surface area (Å²) in [5.74, 6) is 1.50. The number of benzene rings is 1. The van der Waals surface area contributed by atoms with Gasteiger partial charge in [0.2, 0.25) is 5.91 Å². The van der Waals surface area contributed by atoms with Gasteiger partial charge in [-0.1, -0.05) is 6.92 Å². The van der Waals surface area contributed by atoms with E-state index in [1.165, 1.54) is 22.3 Å². The second-order valence-corrected chi connectivity index (χ2v) is 8.00. The number of nitrogens with zero attached hydrogens (tertiary/aromatic N) is 1. The lowest BCUT2D eigenvalue weighted by molar-refractivity contribution is -0.126. The third kappa shape index (κ3) is 5.69. The molecule has 152 valence electrons. The lowest BCUT2D eigenvalue weighted by atomic mass is 9.74. The number of likely N-dealkylation sites (N-methyl/N-ethyl adjacent to an activating group) is 1. The fourth-order valence-electron chi connectivity index (χ4n) is 3.89. The van der Waals surface area contributed by atoms with Crippen LogP contribution in [0, 0.1) is 25.7 Å². The Balaban J connectivity index is 2.10. The first-order valence-electron chi connectivity index (χ1n) is 10.0. The van der Waals surface area contributed by atoms with Crippen LogP contribution in [-0.2, 0) is 22.4 Å². The zero-order valence-electron chi connectivity index (χ0n) is 17.9.